The minimum absolute atomic E-state index is 0. The number of hydrogen-bond donors (Lipinski definition) is 2. The van der Waals surface area contributed by atoms with Crippen molar-refractivity contribution in [2.24, 2.45) is 0 Å². The van der Waals surface area contributed by atoms with Crippen LogP contribution in [0.15, 0.2) is 18.2 Å². The van der Waals surface area contributed by atoms with Gasteiger partial charge in [-0.1, -0.05) is 6.07 Å². The fourth-order valence-electron chi connectivity index (χ4n) is 2.41. The third-order valence-electron chi connectivity index (χ3n) is 3.59. The first-order chi connectivity index (χ1) is 9.65. The van der Waals surface area contributed by atoms with Gasteiger partial charge in [-0.05, 0) is 44.4 Å². The molecule has 0 atom stereocenters. The van der Waals surface area contributed by atoms with Gasteiger partial charge in [0.15, 0.2) is 5.13 Å². The highest BCUT2D eigenvalue weighted by Gasteiger charge is 2.18. The van der Waals surface area contributed by atoms with Crippen LogP contribution in [0.4, 0.5) is 10.8 Å². The lowest BCUT2D eigenvalue weighted by atomic mass is 9.97. The summed E-state index contributed by atoms with van der Waals surface area (Å²) < 4.78 is 0. The van der Waals surface area contributed by atoms with Gasteiger partial charge in [-0.25, -0.2) is 4.98 Å². The molecule has 1 aliphatic heterocycles. The Labute approximate surface area is 134 Å². The average molecular weight is 324 g/mol. The van der Waals surface area contributed by atoms with E-state index in [1.807, 2.05) is 32.0 Å². The molecular formula is C15H18ClN3OS. The molecule has 0 saturated heterocycles. The van der Waals surface area contributed by atoms with Crippen molar-refractivity contribution in [2.75, 3.05) is 17.2 Å². The van der Waals surface area contributed by atoms with Crippen molar-refractivity contribution in [3.63, 3.8) is 0 Å². The monoisotopic (exact) mass is 323 g/mol. The number of rotatable bonds is 2. The lowest BCUT2D eigenvalue weighted by molar-refractivity contribution is 0.102. The second kappa shape index (κ2) is 6.45. The van der Waals surface area contributed by atoms with Crippen molar-refractivity contribution >= 4 is 40.5 Å². The molecule has 1 amide bonds. The van der Waals surface area contributed by atoms with Crippen molar-refractivity contribution in [3.8, 4) is 0 Å². The summed E-state index contributed by atoms with van der Waals surface area (Å²) in [7, 11) is 0. The maximum Gasteiger partial charge on any atom is 0.257 e. The Hall–Kier alpha value is -1.59. The molecule has 2 N–H and O–H groups in total. The SMILES string of the molecule is Cc1nc(NC(=O)c2cccc3c2CCCN3)sc1C.Cl. The van der Waals surface area contributed by atoms with E-state index in [1.165, 1.54) is 11.3 Å². The average Bonchev–Trinajstić information content (AvgIpc) is 2.76. The number of carbonyl (C=O) groups excluding carboxylic acids is 1. The lowest BCUT2D eigenvalue weighted by Crippen LogP contribution is -2.19. The van der Waals surface area contributed by atoms with Gasteiger partial charge in [0.25, 0.3) is 5.91 Å². The zero-order chi connectivity index (χ0) is 14.1. The number of hydrogen-bond acceptors (Lipinski definition) is 4. The van der Waals surface area contributed by atoms with Crippen LogP contribution >= 0.6 is 23.7 Å². The first-order valence-electron chi connectivity index (χ1n) is 6.76. The predicted molar refractivity (Wildman–Crippen MR) is 90.0 cm³/mol. The second-order valence-corrected chi connectivity index (χ2v) is 6.18. The van der Waals surface area contributed by atoms with E-state index in [0.29, 0.717) is 5.13 Å². The highest BCUT2D eigenvalue weighted by Crippen LogP contribution is 2.27. The van der Waals surface area contributed by atoms with E-state index in [9.17, 15) is 4.79 Å². The summed E-state index contributed by atoms with van der Waals surface area (Å²) in [5.74, 6) is -0.0701. The van der Waals surface area contributed by atoms with Crippen LogP contribution in [0, 0.1) is 13.8 Å². The summed E-state index contributed by atoms with van der Waals surface area (Å²) in [6.07, 6.45) is 2.01. The van der Waals surface area contributed by atoms with E-state index >= 15 is 0 Å². The van der Waals surface area contributed by atoms with Crippen molar-refractivity contribution in [3.05, 3.63) is 39.9 Å². The first-order valence-corrected chi connectivity index (χ1v) is 7.58. The van der Waals surface area contributed by atoms with Gasteiger partial charge in [-0.15, -0.1) is 23.7 Å². The molecule has 2 aromatic rings. The minimum atomic E-state index is -0.0701. The molecule has 3 rings (SSSR count). The fourth-order valence-corrected chi connectivity index (χ4v) is 3.22. The highest BCUT2D eigenvalue weighted by molar-refractivity contribution is 7.15. The minimum Gasteiger partial charge on any atom is -0.385 e. The van der Waals surface area contributed by atoms with E-state index in [-0.39, 0.29) is 18.3 Å². The quantitative estimate of drug-likeness (QED) is 0.884. The molecule has 0 bridgehead atoms. The summed E-state index contributed by atoms with van der Waals surface area (Å²) in [5.41, 5.74) is 3.92. The molecule has 0 unspecified atom stereocenters. The van der Waals surface area contributed by atoms with Crippen LogP contribution in [0.2, 0.25) is 0 Å². The normalized spacial score (nSPS) is 12.9. The van der Waals surface area contributed by atoms with Crippen LogP contribution in [0.1, 0.15) is 32.9 Å². The molecule has 1 aromatic heterocycles. The van der Waals surface area contributed by atoms with Gasteiger partial charge in [0.2, 0.25) is 0 Å². The van der Waals surface area contributed by atoms with Gasteiger partial charge in [0, 0.05) is 22.7 Å². The number of carbonyl (C=O) groups is 1. The van der Waals surface area contributed by atoms with E-state index < -0.39 is 0 Å². The smallest absolute Gasteiger partial charge is 0.257 e. The molecular weight excluding hydrogens is 306 g/mol. The zero-order valence-corrected chi connectivity index (χ0v) is 13.7. The van der Waals surface area contributed by atoms with Crippen LogP contribution < -0.4 is 10.6 Å². The Bertz CT molecular complexity index is 649. The highest BCUT2D eigenvalue weighted by atomic mass is 35.5. The van der Waals surface area contributed by atoms with E-state index in [4.69, 9.17) is 0 Å². The Morgan fingerprint density at radius 3 is 2.90 bits per heavy atom. The molecule has 0 aliphatic carbocycles. The number of thiazole rings is 1. The van der Waals surface area contributed by atoms with Gasteiger partial charge in [0.1, 0.15) is 0 Å². The third kappa shape index (κ3) is 3.19. The summed E-state index contributed by atoms with van der Waals surface area (Å²) in [6, 6.07) is 5.84. The molecule has 0 radical (unpaired) electrons. The number of nitrogens with zero attached hydrogens (tertiary/aromatic N) is 1. The topological polar surface area (TPSA) is 54.0 Å². The number of aryl methyl sites for hydroxylation is 2. The van der Waals surface area contributed by atoms with Gasteiger partial charge in [-0.2, -0.15) is 0 Å². The number of halogens is 1. The van der Waals surface area contributed by atoms with Gasteiger partial charge < -0.3 is 5.32 Å². The van der Waals surface area contributed by atoms with Crippen LogP contribution in [0.25, 0.3) is 0 Å². The maximum absolute atomic E-state index is 12.4. The number of amides is 1. The number of fused-ring (bicyclic) bond motifs is 1. The standard InChI is InChI=1S/C15H17N3OS.ClH/c1-9-10(2)20-15(17-9)18-14(19)12-5-3-7-13-11(12)6-4-8-16-13;/h3,5,7,16H,4,6,8H2,1-2H3,(H,17,18,19);1H. The van der Waals surface area contributed by atoms with Crippen LogP contribution in [0.3, 0.4) is 0 Å². The van der Waals surface area contributed by atoms with E-state index in [0.717, 1.165) is 46.8 Å². The molecule has 21 heavy (non-hydrogen) atoms. The Morgan fingerprint density at radius 2 is 2.19 bits per heavy atom. The van der Waals surface area contributed by atoms with Crippen LogP contribution in [0.5, 0.6) is 0 Å². The second-order valence-electron chi connectivity index (χ2n) is 4.98. The summed E-state index contributed by atoms with van der Waals surface area (Å²) in [5, 5.41) is 6.93. The summed E-state index contributed by atoms with van der Waals surface area (Å²) in [6.45, 7) is 4.94. The molecule has 112 valence electrons. The molecule has 0 fully saturated rings. The van der Waals surface area contributed by atoms with Crippen molar-refractivity contribution in [1.29, 1.82) is 0 Å². The molecule has 6 heteroatoms. The molecule has 0 spiro atoms. The predicted octanol–water partition coefficient (Wildman–Crippen LogP) is 3.79. The Morgan fingerprint density at radius 1 is 1.38 bits per heavy atom. The van der Waals surface area contributed by atoms with E-state index in [1.54, 1.807) is 0 Å². The van der Waals surface area contributed by atoms with Gasteiger partial charge in [-0.3, -0.25) is 10.1 Å². The Kier molecular flexibility index (Phi) is 4.85. The molecule has 1 aromatic carbocycles. The lowest BCUT2D eigenvalue weighted by Gasteiger charge is -2.20. The molecule has 0 saturated carbocycles. The first kappa shape index (κ1) is 15.8. The van der Waals surface area contributed by atoms with Gasteiger partial charge in [0.05, 0.1) is 5.69 Å². The number of benzene rings is 1. The number of nitrogens with one attached hydrogen (secondary N) is 2. The summed E-state index contributed by atoms with van der Waals surface area (Å²) >= 11 is 1.52. The third-order valence-corrected chi connectivity index (χ3v) is 4.58. The van der Waals surface area contributed by atoms with Crippen LogP contribution in [-0.4, -0.2) is 17.4 Å². The number of aromatic nitrogens is 1. The maximum atomic E-state index is 12.4. The largest absolute Gasteiger partial charge is 0.385 e. The number of anilines is 2. The molecule has 1 aliphatic rings. The van der Waals surface area contributed by atoms with Crippen LogP contribution in [-0.2, 0) is 6.42 Å². The summed E-state index contributed by atoms with van der Waals surface area (Å²) in [4.78, 5) is 17.9. The zero-order valence-electron chi connectivity index (χ0n) is 12.0. The fraction of sp³-hybridized carbons (Fsp3) is 0.333. The van der Waals surface area contributed by atoms with Crippen molar-refractivity contribution in [1.82, 2.24) is 4.98 Å². The van der Waals surface area contributed by atoms with Gasteiger partial charge >= 0.3 is 0 Å². The molecule has 4 nitrogen and oxygen atoms in total. The Balaban J connectivity index is 0.00000161. The van der Waals surface area contributed by atoms with Crippen molar-refractivity contribution < 1.29 is 4.79 Å². The van der Waals surface area contributed by atoms with E-state index in [2.05, 4.69) is 15.6 Å². The molecule has 2 heterocycles. The van der Waals surface area contributed by atoms with Crippen molar-refractivity contribution in [2.45, 2.75) is 26.7 Å².